The summed E-state index contributed by atoms with van der Waals surface area (Å²) in [7, 11) is 0. The van der Waals surface area contributed by atoms with Gasteiger partial charge in [-0.05, 0) is 47.9 Å². The van der Waals surface area contributed by atoms with E-state index in [9.17, 15) is 4.79 Å². The van der Waals surface area contributed by atoms with Crippen molar-refractivity contribution in [2.45, 2.75) is 12.8 Å². The number of nitrogen functional groups attached to an aromatic ring is 1. The topological polar surface area (TPSA) is 64.3 Å². The lowest BCUT2D eigenvalue weighted by Gasteiger charge is -2.07. The highest BCUT2D eigenvalue weighted by molar-refractivity contribution is 5.94. The summed E-state index contributed by atoms with van der Waals surface area (Å²) < 4.78 is 5.44. The SMILES string of the molecule is Nc1ccc(CCNC(=O)c2ccc3c(c2)CCO3)cc1. The smallest absolute Gasteiger partial charge is 0.251 e. The zero-order valence-corrected chi connectivity index (χ0v) is 11.8. The Morgan fingerprint density at radius 3 is 2.81 bits per heavy atom. The molecule has 1 aliphatic rings. The minimum Gasteiger partial charge on any atom is -0.493 e. The van der Waals surface area contributed by atoms with Gasteiger partial charge in [0.15, 0.2) is 0 Å². The van der Waals surface area contributed by atoms with Crippen LogP contribution in [0.1, 0.15) is 21.5 Å². The van der Waals surface area contributed by atoms with Gasteiger partial charge >= 0.3 is 0 Å². The highest BCUT2D eigenvalue weighted by atomic mass is 16.5. The second-order valence-corrected chi connectivity index (χ2v) is 5.17. The first-order chi connectivity index (χ1) is 10.2. The third-order valence-corrected chi connectivity index (χ3v) is 3.63. The lowest BCUT2D eigenvalue weighted by molar-refractivity contribution is 0.0954. The Morgan fingerprint density at radius 2 is 2.00 bits per heavy atom. The molecule has 0 radical (unpaired) electrons. The van der Waals surface area contributed by atoms with Gasteiger partial charge < -0.3 is 15.8 Å². The van der Waals surface area contributed by atoms with Crippen LogP contribution in [0, 0.1) is 0 Å². The molecule has 2 aromatic rings. The minimum atomic E-state index is -0.0415. The van der Waals surface area contributed by atoms with Crippen LogP contribution in [0.4, 0.5) is 5.69 Å². The lowest BCUT2D eigenvalue weighted by Crippen LogP contribution is -2.25. The normalized spacial score (nSPS) is 12.6. The molecule has 21 heavy (non-hydrogen) atoms. The van der Waals surface area contributed by atoms with Crippen LogP contribution < -0.4 is 15.8 Å². The van der Waals surface area contributed by atoms with Gasteiger partial charge in [0.05, 0.1) is 6.61 Å². The molecule has 0 saturated heterocycles. The van der Waals surface area contributed by atoms with E-state index < -0.39 is 0 Å². The van der Waals surface area contributed by atoms with Gasteiger partial charge in [-0.2, -0.15) is 0 Å². The van der Waals surface area contributed by atoms with E-state index in [1.54, 1.807) is 0 Å². The first-order valence-corrected chi connectivity index (χ1v) is 7.11. The molecular weight excluding hydrogens is 264 g/mol. The van der Waals surface area contributed by atoms with E-state index in [0.29, 0.717) is 18.7 Å². The van der Waals surface area contributed by atoms with Gasteiger partial charge in [-0.25, -0.2) is 0 Å². The standard InChI is InChI=1S/C17H18N2O2/c18-15-4-1-12(2-5-15)7-9-19-17(20)14-3-6-16-13(11-14)8-10-21-16/h1-6,11H,7-10,18H2,(H,19,20). The molecule has 0 saturated carbocycles. The molecule has 0 spiro atoms. The van der Waals surface area contributed by atoms with Crippen molar-refractivity contribution in [3.63, 3.8) is 0 Å². The Kier molecular flexibility index (Phi) is 3.77. The maximum atomic E-state index is 12.1. The van der Waals surface area contributed by atoms with Crippen LogP contribution in [0.15, 0.2) is 42.5 Å². The van der Waals surface area contributed by atoms with Crippen molar-refractivity contribution < 1.29 is 9.53 Å². The quantitative estimate of drug-likeness (QED) is 0.845. The van der Waals surface area contributed by atoms with Gasteiger partial charge in [-0.1, -0.05) is 12.1 Å². The van der Waals surface area contributed by atoms with Crippen molar-refractivity contribution in [1.29, 1.82) is 0 Å². The fourth-order valence-electron chi connectivity index (χ4n) is 2.43. The molecular formula is C17H18N2O2. The van der Waals surface area contributed by atoms with Crippen molar-refractivity contribution in [1.82, 2.24) is 5.32 Å². The highest BCUT2D eigenvalue weighted by Crippen LogP contribution is 2.25. The molecule has 0 aliphatic carbocycles. The molecule has 0 aromatic heterocycles. The molecule has 0 fully saturated rings. The van der Waals surface area contributed by atoms with Crippen LogP contribution in [0.5, 0.6) is 5.75 Å². The maximum absolute atomic E-state index is 12.1. The molecule has 4 nitrogen and oxygen atoms in total. The predicted octanol–water partition coefficient (Wildman–Crippen LogP) is 2.18. The van der Waals surface area contributed by atoms with Crippen molar-refractivity contribution in [3.8, 4) is 5.75 Å². The Morgan fingerprint density at radius 1 is 1.19 bits per heavy atom. The molecule has 1 amide bonds. The number of amides is 1. The molecule has 0 unspecified atom stereocenters. The second kappa shape index (κ2) is 5.87. The molecule has 1 heterocycles. The predicted molar refractivity (Wildman–Crippen MR) is 82.5 cm³/mol. The molecule has 108 valence electrons. The van der Waals surface area contributed by atoms with Crippen LogP contribution >= 0.6 is 0 Å². The van der Waals surface area contributed by atoms with Crippen LogP contribution in [0.2, 0.25) is 0 Å². The fraction of sp³-hybridized carbons (Fsp3) is 0.235. The van der Waals surface area contributed by atoms with Gasteiger partial charge in [-0.3, -0.25) is 4.79 Å². The average molecular weight is 282 g/mol. The van der Waals surface area contributed by atoms with Crippen molar-refractivity contribution in [2.24, 2.45) is 0 Å². The third kappa shape index (κ3) is 3.16. The fourth-order valence-corrected chi connectivity index (χ4v) is 2.43. The minimum absolute atomic E-state index is 0.0415. The number of fused-ring (bicyclic) bond motifs is 1. The molecule has 0 bridgehead atoms. The van der Waals surface area contributed by atoms with Gasteiger partial charge in [0, 0.05) is 24.2 Å². The zero-order chi connectivity index (χ0) is 14.7. The number of ether oxygens (including phenoxy) is 1. The van der Waals surface area contributed by atoms with Crippen LogP contribution in [-0.2, 0) is 12.8 Å². The van der Waals surface area contributed by atoms with E-state index in [-0.39, 0.29) is 5.91 Å². The van der Waals surface area contributed by atoms with Crippen molar-refractivity contribution in [2.75, 3.05) is 18.9 Å². The summed E-state index contributed by atoms with van der Waals surface area (Å²) in [6.07, 6.45) is 1.67. The van der Waals surface area contributed by atoms with Crippen molar-refractivity contribution >= 4 is 11.6 Å². The van der Waals surface area contributed by atoms with E-state index in [0.717, 1.165) is 35.4 Å². The van der Waals surface area contributed by atoms with Crippen molar-refractivity contribution in [3.05, 3.63) is 59.2 Å². The van der Waals surface area contributed by atoms with Crippen LogP contribution in [0.25, 0.3) is 0 Å². The molecule has 1 aliphatic heterocycles. The third-order valence-electron chi connectivity index (χ3n) is 3.63. The molecule has 3 N–H and O–H groups in total. The summed E-state index contributed by atoms with van der Waals surface area (Å²) >= 11 is 0. The van der Waals surface area contributed by atoms with E-state index >= 15 is 0 Å². The van der Waals surface area contributed by atoms with Crippen LogP contribution in [0.3, 0.4) is 0 Å². The first-order valence-electron chi connectivity index (χ1n) is 7.11. The summed E-state index contributed by atoms with van der Waals surface area (Å²) in [6.45, 7) is 1.31. The number of hydrogen-bond acceptors (Lipinski definition) is 3. The van der Waals surface area contributed by atoms with Gasteiger partial charge in [-0.15, -0.1) is 0 Å². The summed E-state index contributed by atoms with van der Waals surface area (Å²) in [5.41, 5.74) is 9.36. The number of nitrogens with one attached hydrogen (secondary N) is 1. The Balaban J connectivity index is 1.55. The zero-order valence-electron chi connectivity index (χ0n) is 11.8. The monoisotopic (exact) mass is 282 g/mol. The van der Waals surface area contributed by atoms with E-state index in [2.05, 4.69) is 5.32 Å². The van der Waals surface area contributed by atoms with E-state index in [4.69, 9.17) is 10.5 Å². The second-order valence-electron chi connectivity index (χ2n) is 5.17. The molecule has 4 heteroatoms. The number of benzene rings is 2. The maximum Gasteiger partial charge on any atom is 0.251 e. The number of carbonyl (C=O) groups excluding carboxylic acids is 1. The molecule has 2 aromatic carbocycles. The summed E-state index contributed by atoms with van der Waals surface area (Å²) in [4.78, 5) is 12.1. The Labute approximate surface area is 123 Å². The van der Waals surface area contributed by atoms with Gasteiger partial charge in [0.1, 0.15) is 5.75 Å². The number of anilines is 1. The largest absolute Gasteiger partial charge is 0.493 e. The highest BCUT2D eigenvalue weighted by Gasteiger charge is 2.14. The van der Waals surface area contributed by atoms with E-state index in [1.807, 2.05) is 42.5 Å². The molecule has 3 rings (SSSR count). The summed E-state index contributed by atoms with van der Waals surface area (Å²) in [5, 5.41) is 2.94. The Bertz CT molecular complexity index is 650. The number of hydrogen-bond donors (Lipinski definition) is 2. The van der Waals surface area contributed by atoms with Gasteiger partial charge in [0.2, 0.25) is 0 Å². The number of nitrogens with two attached hydrogens (primary N) is 1. The van der Waals surface area contributed by atoms with Gasteiger partial charge in [0.25, 0.3) is 5.91 Å². The summed E-state index contributed by atoms with van der Waals surface area (Å²) in [5.74, 6) is 0.855. The Hall–Kier alpha value is -2.49. The average Bonchev–Trinajstić information content (AvgIpc) is 2.96. The first kappa shape index (κ1) is 13.5. The van der Waals surface area contributed by atoms with E-state index in [1.165, 1.54) is 0 Å². The number of rotatable bonds is 4. The number of carbonyl (C=O) groups is 1. The molecule has 0 atom stereocenters. The van der Waals surface area contributed by atoms with Crippen LogP contribution in [-0.4, -0.2) is 19.1 Å². The lowest BCUT2D eigenvalue weighted by atomic mass is 10.1. The summed E-state index contributed by atoms with van der Waals surface area (Å²) in [6, 6.07) is 13.3.